The topological polar surface area (TPSA) is 71.5 Å². The number of amides is 1. The van der Waals surface area contributed by atoms with Gasteiger partial charge in [0, 0.05) is 23.6 Å². The van der Waals surface area contributed by atoms with Gasteiger partial charge in [-0.2, -0.15) is 0 Å². The van der Waals surface area contributed by atoms with Crippen molar-refractivity contribution >= 4 is 28.4 Å². The number of ether oxygens (including phenoxy) is 1. The zero-order valence-corrected chi connectivity index (χ0v) is 15.2. The maximum Gasteiger partial charge on any atom is 0.220 e. The standard InChI is InChI=1S/C20H19ClN2O3/c1-3-17(24)23-18(12-6-8-13(26-2)9-7-12)15-11-16(21)14-5-4-10-22-19(14)20(15)25/h4-11,18,25H,3H2,1-2H3,(H,23,24)/t18-/m1/s1. The van der Waals surface area contributed by atoms with Gasteiger partial charge in [-0.15, -0.1) is 0 Å². The summed E-state index contributed by atoms with van der Waals surface area (Å²) in [6.07, 6.45) is 1.92. The Morgan fingerprint density at radius 2 is 2.04 bits per heavy atom. The van der Waals surface area contributed by atoms with E-state index < -0.39 is 6.04 Å². The summed E-state index contributed by atoms with van der Waals surface area (Å²) in [5.74, 6) is 0.571. The van der Waals surface area contributed by atoms with Crippen LogP contribution in [0.5, 0.6) is 11.5 Å². The Hall–Kier alpha value is -2.79. The maximum atomic E-state index is 12.1. The summed E-state index contributed by atoms with van der Waals surface area (Å²) in [7, 11) is 1.59. The summed E-state index contributed by atoms with van der Waals surface area (Å²) in [5, 5.41) is 14.9. The highest BCUT2D eigenvalue weighted by Crippen LogP contribution is 2.38. The molecule has 2 N–H and O–H groups in total. The lowest BCUT2D eigenvalue weighted by molar-refractivity contribution is -0.121. The van der Waals surface area contributed by atoms with Crippen LogP contribution in [0.4, 0.5) is 0 Å². The molecule has 26 heavy (non-hydrogen) atoms. The van der Waals surface area contributed by atoms with Gasteiger partial charge >= 0.3 is 0 Å². The molecule has 0 unspecified atom stereocenters. The quantitative estimate of drug-likeness (QED) is 0.705. The molecule has 0 radical (unpaired) electrons. The predicted octanol–water partition coefficient (Wildman–Crippen LogP) is 4.22. The molecule has 1 atom stereocenters. The Morgan fingerprint density at radius 1 is 1.31 bits per heavy atom. The molecule has 6 heteroatoms. The summed E-state index contributed by atoms with van der Waals surface area (Å²) < 4.78 is 5.19. The summed E-state index contributed by atoms with van der Waals surface area (Å²) in [4.78, 5) is 16.3. The molecule has 0 aliphatic rings. The number of carbonyl (C=O) groups excluding carboxylic acids is 1. The minimum atomic E-state index is -0.558. The third kappa shape index (κ3) is 3.44. The molecule has 134 valence electrons. The molecule has 0 fully saturated rings. The molecule has 3 rings (SSSR count). The summed E-state index contributed by atoms with van der Waals surface area (Å²) in [6.45, 7) is 1.77. The van der Waals surface area contributed by atoms with Crippen LogP contribution in [0, 0.1) is 0 Å². The number of fused-ring (bicyclic) bond motifs is 1. The molecule has 5 nitrogen and oxygen atoms in total. The van der Waals surface area contributed by atoms with Gasteiger partial charge in [0.05, 0.1) is 18.2 Å². The van der Waals surface area contributed by atoms with Crippen LogP contribution >= 0.6 is 11.6 Å². The molecule has 1 aromatic heterocycles. The van der Waals surface area contributed by atoms with Gasteiger partial charge in [-0.3, -0.25) is 9.78 Å². The van der Waals surface area contributed by atoms with Gasteiger partial charge in [0.1, 0.15) is 17.0 Å². The third-order valence-corrected chi connectivity index (χ3v) is 4.54. The summed E-state index contributed by atoms with van der Waals surface area (Å²) in [5.41, 5.74) is 1.70. The number of pyridine rings is 1. The van der Waals surface area contributed by atoms with E-state index >= 15 is 0 Å². The van der Waals surface area contributed by atoms with Crippen LogP contribution < -0.4 is 10.1 Å². The number of hydrogen-bond donors (Lipinski definition) is 2. The fourth-order valence-electron chi connectivity index (χ4n) is 2.83. The van der Waals surface area contributed by atoms with Crippen molar-refractivity contribution < 1.29 is 14.6 Å². The Morgan fingerprint density at radius 3 is 2.69 bits per heavy atom. The monoisotopic (exact) mass is 370 g/mol. The number of carbonyl (C=O) groups is 1. The van der Waals surface area contributed by atoms with Crippen molar-refractivity contribution in [3.8, 4) is 11.5 Å². The van der Waals surface area contributed by atoms with Gasteiger partial charge < -0.3 is 15.2 Å². The van der Waals surface area contributed by atoms with Gasteiger partial charge in [-0.1, -0.05) is 30.7 Å². The van der Waals surface area contributed by atoms with Crippen molar-refractivity contribution in [3.05, 3.63) is 64.8 Å². The van der Waals surface area contributed by atoms with E-state index in [1.807, 2.05) is 12.1 Å². The van der Waals surface area contributed by atoms with Crippen molar-refractivity contribution in [2.75, 3.05) is 7.11 Å². The first kappa shape index (κ1) is 18.0. The first-order valence-electron chi connectivity index (χ1n) is 8.24. The van der Waals surface area contributed by atoms with Crippen LogP contribution in [-0.2, 0) is 4.79 Å². The highest BCUT2D eigenvalue weighted by Gasteiger charge is 2.23. The second-order valence-corrected chi connectivity index (χ2v) is 6.23. The highest BCUT2D eigenvalue weighted by atomic mass is 35.5. The van der Waals surface area contributed by atoms with Crippen molar-refractivity contribution in [1.29, 1.82) is 0 Å². The summed E-state index contributed by atoms with van der Waals surface area (Å²) >= 11 is 6.40. The second kappa shape index (κ2) is 7.62. The molecule has 2 aromatic carbocycles. The number of rotatable bonds is 5. The maximum absolute atomic E-state index is 12.1. The van der Waals surface area contributed by atoms with Gasteiger partial charge in [0.15, 0.2) is 0 Å². The average Bonchev–Trinajstić information content (AvgIpc) is 2.69. The highest BCUT2D eigenvalue weighted by molar-refractivity contribution is 6.35. The zero-order valence-electron chi connectivity index (χ0n) is 14.5. The van der Waals surface area contributed by atoms with Crippen LogP contribution in [0.1, 0.15) is 30.5 Å². The number of methoxy groups -OCH3 is 1. The van der Waals surface area contributed by atoms with E-state index in [0.717, 1.165) is 5.56 Å². The Labute approximate surface area is 156 Å². The number of nitrogens with one attached hydrogen (secondary N) is 1. The van der Waals surface area contributed by atoms with Crippen LogP contribution in [-0.4, -0.2) is 23.1 Å². The Bertz CT molecular complexity index is 942. The average molecular weight is 371 g/mol. The number of aromatic hydroxyl groups is 1. The van der Waals surface area contributed by atoms with Crippen LogP contribution in [0.15, 0.2) is 48.7 Å². The number of nitrogens with zero attached hydrogens (tertiary/aromatic N) is 1. The predicted molar refractivity (Wildman–Crippen MR) is 102 cm³/mol. The Kier molecular flexibility index (Phi) is 5.28. The van der Waals surface area contributed by atoms with Crippen molar-refractivity contribution in [2.24, 2.45) is 0 Å². The van der Waals surface area contributed by atoms with Crippen molar-refractivity contribution in [2.45, 2.75) is 19.4 Å². The largest absolute Gasteiger partial charge is 0.505 e. The minimum Gasteiger partial charge on any atom is -0.505 e. The van der Waals surface area contributed by atoms with Crippen LogP contribution in [0.25, 0.3) is 10.9 Å². The van der Waals surface area contributed by atoms with E-state index in [-0.39, 0.29) is 11.7 Å². The molecule has 0 saturated heterocycles. The van der Waals surface area contributed by atoms with Gasteiger partial charge in [0.2, 0.25) is 5.91 Å². The first-order chi connectivity index (χ1) is 12.5. The molecule has 1 heterocycles. The normalized spacial score (nSPS) is 12.0. The molecule has 0 bridgehead atoms. The van der Waals surface area contributed by atoms with Gasteiger partial charge in [-0.05, 0) is 35.9 Å². The van der Waals surface area contributed by atoms with E-state index in [0.29, 0.717) is 33.7 Å². The fraction of sp³-hybridized carbons (Fsp3) is 0.200. The van der Waals surface area contributed by atoms with E-state index in [2.05, 4.69) is 10.3 Å². The zero-order chi connectivity index (χ0) is 18.7. The van der Waals surface area contributed by atoms with E-state index in [1.54, 1.807) is 50.6 Å². The third-order valence-electron chi connectivity index (χ3n) is 4.23. The lowest BCUT2D eigenvalue weighted by Gasteiger charge is -2.22. The van der Waals surface area contributed by atoms with E-state index in [1.165, 1.54) is 0 Å². The Balaban J connectivity index is 2.16. The van der Waals surface area contributed by atoms with Crippen LogP contribution in [0.2, 0.25) is 5.02 Å². The number of phenolic OH excluding ortho intramolecular Hbond substituents is 1. The number of hydrogen-bond acceptors (Lipinski definition) is 4. The van der Waals surface area contributed by atoms with E-state index in [9.17, 15) is 9.90 Å². The lowest BCUT2D eigenvalue weighted by Crippen LogP contribution is -2.28. The molecule has 0 aliphatic carbocycles. The number of benzene rings is 2. The number of phenols is 1. The van der Waals surface area contributed by atoms with Crippen molar-refractivity contribution in [3.63, 3.8) is 0 Å². The minimum absolute atomic E-state index is 0.00206. The smallest absolute Gasteiger partial charge is 0.220 e. The van der Waals surface area contributed by atoms with Gasteiger partial charge in [-0.25, -0.2) is 0 Å². The van der Waals surface area contributed by atoms with Gasteiger partial charge in [0.25, 0.3) is 0 Å². The molecule has 3 aromatic rings. The first-order valence-corrected chi connectivity index (χ1v) is 8.62. The molecule has 1 amide bonds. The molecule has 0 aliphatic heterocycles. The number of halogens is 1. The molecular weight excluding hydrogens is 352 g/mol. The van der Waals surface area contributed by atoms with Crippen molar-refractivity contribution in [1.82, 2.24) is 10.3 Å². The SMILES string of the molecule is CCC(=O)N[C@H](c1ccc(OC)cc1)c1cc(Cl)c2cccnc2c1O. The molecular formula is C20H19ClN2O3. The fourth-order valence-corrected chi connectivity index (χ4v) is 3.10. The van der Waals surface area contributed by atoms with Crippen LogP contribution in [0.3, 0.4) is 0 Å². The molecule has 0 spiro atoms. The lowest BCUT2D eigenvalue weighted by atomic mass is 9.96. The van der Waals surface area contributed by atoms with E-state index in [4.69, 9.17) is 16.3 Å². The molecule has 0 saturated carbocycles. The second-order valence-electron chi connectivity index (χ2n) is 5.82. The summed E-state index contributed by atoms with van der Waals surface area (Å²) in [6, 6.07) is 12.0. The number of aromatic nitrogens is 1.